The minimum atomic E-state index is -0.809. The smallest absolute Gasteiger partial charge is 0.309 e. The quantitative estimate of drug-likeness (QED) is 0.349. The number of aromatic nitrogens is 1. The van der Waals surface area contributed by atoms with Crippen molar-refractivity contribution in [1.29, 1.82) is 5.26 Å². The Hall–Kier alpha value is -3.97. The molecule has 2 aromatic carbocycles. The van der Waals surface area contributed by atoms with E-state index in [-0.39, 0.29) is 12.0 Å². The van der Waals surface area contributed by atoms with Gasteiger partial charge in [-0.1, -0.05) is 31.2 Å². The average Bonchev–Trinajstić information content (AvgIpc) is 3.39. The average molecular weight is 611 g/mol. The molecule has 4 heterocycles. The number of aryl methyl sites for hydroxylation is 1. The fourth-order valence-corrected chi connectivity index (χ4v) is 7.40. The standard InChI is InChI=1S/C36H42N4O5/c1-23-6-4-7-29(31-8-5-9-33(38-31)40-19-24(2)34(36(41)42)32(40)22-43-3)35(23)45-21-25-16-26-10-13-39(28-11-14-44-15-12-28)20-30(26)27(17-25)18-37/h4-9,16-17,24,28,32,34H,10-15,19-22H2,1-3H3,(H,41,42)/t24-,32?,34?/m0/s1. The number of ether oxygens (including phenoxy) is 3. The molecule has 6 rings (SSSR count). The van der Waals surface area contributed by atoms with E-state index in [1.807, 2.05) is 56.3 Å². The van der Waals surface area contributed by atoms with Crippen molar-refractivity contribution in [3.05, 3.63) is 76.3 Å². The molecule has 9 nitrogen and oxygen atoms in total. The summed E-state index contributed by atoms with van der Waals surface area (Å²) in [6, 6.07) is 18.7. The number of nitrogens with zero attached hydrogens (tertiary/aromatic N) is 4. The van der Waals surface area contributed by atoms with Gasteiger partial charge in [0.25, 0.3) is 0 Å². The zero-order valence-corrected chi connectivity index (χ0v) is 26.4. The number of rotatable bonds is 9. The van der Waals surface area contributed by atoms with Gasteiger partial charge >= 0.3 is 5.97 Å². The number of nitriles is 1. The van der Waals surface area contributed by atoms with E-state index in [2.05, 4.69) is 21.9 Å². The van der Waals surface area contributed by atoms with Gasteiger partial charge in [0.1, 0.15) is 18.2 Å². The van der Waals surface area contributed by atoms with Gasteiger partial charge in [-0.2, -0.15) is 5.26 Å². The number of carbonyl (C=O) groups is 1. The van der Waals surface area contributed by atoms with E-state index in [0.29, 0.717) is 25.8 Å². The lowest BCUT2D eigenvalue weighted by Crippen LogP contribution is -2.42. The van der Waals surface area contributed by atoms with E-state index >= 15 is 0 Å². The minimum absolute atomic E-state index is 0.0363. The fraction of sp³-hybridized carbons (Fsp3) is 0.472. The molecule has 1 aromatic heterocycles. The number of para-hydroxylation sites is 1. The summed E-state index contributed by atoms with van der Waals surface area (Å²) >= 11 is 0. The maximum atomic E-state index is 12.1. The number of hydrogen-bond donors (Lipinski definition) is 1. The van der Waals surface area contributed by atoms with Crippen molar-refractivity contribution in [3.63, 3.8) is 0 Å². The van der Waals surface area contributed by atoms with Crippen LogP contribution in [0.2, 0.25) is 0 Å². The van der Waals surface area contributed by atoms with Crippen molar-refractivity contribution in [3.8, 4) is 23.1 Å². The van der Waals surface area contributed by atoms with E-state index in [1.54, 1.807) is 7.11 Å². The normalized spacial score (nSPS) is 22.2. The lowest BCUT2D eigenvalue weighted by Gasteiger charge is -2.38. The number of anilines is 1. The Bertz CT molecular complexity index is 1580. The van der Waals surface area contributed by atoms with Crippen LogP contribution in [0.25, 0.3) is 11.3 Å². The molecule has 2 saturated heterocycles. The summed E-state index contributed by atoms with van der Waals surface area (Å²) in [4.78, 5) is 21.7. The van der Waals surface area contributed by atoms with Crippen molar-refractivity contribution >= 4 is 11.8 Å². The minimum Gasteiger partial charge on any atom is -0.488 e. The molecule has 3 atom stereocenters. The highest BCUT2D eigenvalue weighted by Crippen LogP contribution is 2.37. The predicted molar refractivity (Wildman–Crippen MR) is 171 cm³/mol. The molecular formula is C36H42N4O5. The molecule has 0 amide bonds. The van der Waals surface area contributed by atoms with Gasteiger partial charge in [0.05, 0.1) is 35.9 Å². The fourth-order valence-electron chi connectivity index (χ4n) is 7.40. The third-order valence-corrected chi connectivity index (χ3v) is 9.69. The van der Waals surface area contributed by atoms with Crippen LogP contribution < -0.4 is 9.64 Å². The van der Waals surface area contributed by atoms with E-state index in [1.165, 1.54) is 5.56 Å². The first-order valence-corrected chi connectivity index (χ1v) is 15.9. The zero-order chi connectivity index (χ0) is 31.5. The van der Waals surface area contributed by atoms with Crippen LogP contribution in [0.3, 0.4) is 0 Å². The van der Waals surface area contributed by atoms with Gasteiger partial charge in [0.15, 0.2) is 0 Å². The first kappa shape index (κ1) is 31.0. The number of carboxylic acids is 1. The van der Waals surface area contributed by atoms with Crippen LogP contribution in [0.1, 0.15) is 47.6 Å². The van der Waals surface area contributed by atoms with Crippen molar-refractivity contribution in [2.45, 2.75) is 58.3 Å². The Balaban J connectivity index is 1.23. The van der Waals surface area contributed by atoms with Crippen LogP contribution in [0.15, 0.2) is 48.5 Å². The summed E-state index contributed by atoms with van der Waals surface area (Å²) in [6.45, 7) is 8.65. The maximum Gasteiger partial charge on any atom is 0.309 e. The van der Waals surface area contributed by atoms with E-state index in [9.17, 15) is 15.2 Å². The topological polar surface area (TPSA) is 108 Å². The van der Waals surface area contributed by atoms with E-state index < -0.39 is 11.9 Å². The number of hydrogen-bond acceptors (Lipinski definition) is 8. The Morgan fingerprint density at radius 2 is 1.98 bits per heavy atom. The molecular weight excluding hydrogens is 568 g/mol. The molecule has 236 valence electrons. The second-order valence-corrected chi connectivity index (χ2v) is 12.6. The van der Waals surface area contributed by atoms with Gasteiger partial charge in [0, 0.05) is 51.6 Å². The van der Waals surface area contributed by atoms with Gasteiger partial charge in [0.2, 0.25) is 0 Å². The summed E-state index contributed by atoms with van der Waals surface area (Å²) in [5.74, 6) is 0.0892. The van der Waals surface area contributed by atoms with Gasteiger partial charge in [-0.05, 0) is 78.6 Å². The molecule has 2 fully saturated rings. The Labute approximate surface area is 265 Å². The highest BCUT2D eigenvalue weighted by atomic mass is 16.5. The summed E-state index contributed by atoms with van der Waals surface area (Å²) < 4.78 is 17.5. The number of carboxylic acid groups (broad SMARTS) is 1. The van der Waals surface area contributed by atoms with E-state index in [4.69, 9.17) is 19.2 Å². The predicted octanol–water partition coefficient (Wildman–Crippen LogP) is 5.22. The summed E-state index contributed by atoms with van der Waals surface area (Å²) in [5.41, 5.74) is 6.70. The Morgan fingerprint density at radius 3 is 2.73 bits per heavy atom. The Morgan fingerprint density at radius 1 is 1.18 bits per heavy atom. The maximum absolute atomic E-state index is 12.1. The molecule has 2 unspecified atom stereocenters. The lowest BCUT2D eigenvalue weighted by atomic mass is 9.91. The number of methoxy groups -OCH3 is 1. The first-order valence-electron chi connectivity index (χ1n) is 15.9. The van der Waals surface area contributed by atoms with Crippen molar-refractivity contribution in [1.82, 2.24) is 9.88 Å². The third kappa shape index (κ3) is 6.41. The van der Waals surface area contributed by atoms with Crippen LogP contribution in [0.5, 0.6) is 5.75 Å². The van der Waals surface area contributed by atoms with Crippen molar-refractivity contribution in [2.24, 2.45) is 11.8 Å². The molecule has 0 radical (unpaired) electrons. The molecule has 0 bridgehead atoms. The largest absolute Gasteiger partial charge is 0.488 e. The Kier molecular flexibility index (Phi) is 9.36. The van der Waals surface area contributed by atoms with Crippen LogP contribution in [0.4, 0.5) is 5.82 Å². The van der Waals surface area contributed by atoms with Crippen molar-refractivity contribution < 1.29 is 24.1 Å². The molecule has 3 aromatic rings. The molecule has 3 aliphatic heterocycles. The molecule has 45 heavy (non-hydrogen) atoms. The summed E-state index contributed by atoms with van der Waals surface area (Å²) in [7, 11) is 1.60. The monoisotopic (exact) mass is 610 g/mol. The van der Waals surface area contributed by atoms with Crippen LogP contribution in [-0.2, 0) is 33.8 Å². The van der Waals surface area contributed by atoms with Gasteiger partial charge < -0.3 is 24.2 Å². The summed E-state index contributed by atoms with van der Waals surface area (Å²) in [6.07, 6.45) is 3.02. The third-order valence-electron chi connectivity index (χ3n) is 9.69. The first-order chi connectivity index (χ1) is 21.9. The highest BCUT2D eigenvalue weighted by Gasteiger charge is 2.44. The van der Waals surface area contributed by atoms with Crippen LogP contribution in [-0.4, -0.2) is 73.1 Å². The van der Waals surface area contributed by atoms with Gasteiger partial charge in [-0.15, -0.1) is 0 Å². The number of fused-ring (bicyclic) bond motifs is 1. The number of pyridine rings is 1. The van der Waals surface area contributed by atoms with Crippen LogP contribution in [0, 0.1) is 30.1 Å². The molecule has 1 N–H and O–H groups in total. The number of aliphatic carboxylic acids is 1. The van der Waals surface area contributed by atoms with Gasteiger partial charge in [-0.25, -0.2) is 4.98 Å². The van der Waals surface area contributed by atoms with Crippen LogP contribution >= 0.6 is 0 Å². The lowest BCUT2D eigenvalue weighted by molar-refractivity contribution is -0.143. The van der Waals surface area contributed by atoms with E-state index in [0.717, 1.165) is 90.6 Å². The molecule has 9 heteroatoms. The summed E-state index contributed by atoms with van der Waals surface area (Å²) in [5, 5.41) is 20.0. The second-order valence-electron chi connectivity index (χ2n) is 12.6. The zero-order valence-electron chi connectivity index (χ0n) is 26.4. The number of benzene rings is 2. The molecule has 0 aliphatic carbocycles. The molecule has 0 saturated carbocycles. The molecule has 3 aliphatic rings. The molecule has 0 spiro atoms. The second kappa shape index (κ2) is 13.6. The highest BCUT2D eigenvalue weighted by molar-refractivity contribution is 5.74. The SMILES string of the molecule is COCC1C(C(=O)O)[C@@H](C)CN1c1cccc(-c2cccc(C)c2OCc2cc(C#N)c3c(c2)CCN(C2CCOCC2)C3)n1. The van der Waals surface area contributed by atoms with Crippen molar-refractivity contribution in [2.75, 3.05) is 44.9 Å². The van der Waals surface area contributed by atoms with Gasteiger partial charge in [-0.3, -0.25) is 9.69 Å².